The van der Waals surface area contributed by atoms with Crippen molar-refractivity contribution in [3.63, 3.8) is 0 Å². The fourth-order valence-corrected chi connectivity index (χ4v) is 2.19. The van der Waals surface area contributed by atoms with Gasteiger partial charge in [-0.1, -0.05) is 42.5 Å². The second-order valence-electron chi connectivity index (χ2n) is 4.30. The van der Waals surface area contributed by atoms with Gasteiger partial charge in [-0.25, -0.2) is 13.6 Å². The van der Waals surface area contributed by atoms with Gasteiger partial charge in [0, 0.05) is 6.54 Å². The maximum atomic E-state index is 12.0. The lowest BCUT2D eigenvalue weighted by Crippen LogP contribution is -2.41. The fourth-order valence-electron chi connectivity index (χ4n) is 1.61. The molecule has 1 atom stereocenters. The highest BCUT2D eigenvalue weighted by Crippen LogP contribution is 2.09. The first-order valence-corrected chi connectivity index (χ1v) is 8.03. The number of carbonyl (C=O) groups excluding carboxylic acids is 1. The zero-order valence-electron chi connectivity index (χ0n) is 10.8. The van der Waals surface area contributed by atoms with Gasteiger partial charge in [0.1, 0.15) is 0 Å². The predicted molar refractivity (Wildman–Crippen MR) is 81.4 cm³/mol. The molecular weight excluding hydrogens is 298 g/mol. The standard InChI is InChI=1S/C12H17N3O3S2/c13-11(19)10(8-9-4-2-1-3-5-9)12(16)15-6-7-20(14,17)18/h1-5,10H,6-8H2,(H2,13,19)(H,15,16)(H2,14,17,18). The number of benzene rings is 1. The van der Waals surface area contributed by atoms with Crippen molar-refractivity contribution in [3.05, 3.63) is 35.9 Å². The van der Waals surface area contributed by atoms with Crippen LogP contribution in [0, 0.1) is 5.92 Å². The molecule has 0 radical (unpaired) electrons. The van der Waals surface area contributed by atoms with Crippen molar-refractivity contribution < 1.29 is 13.2 Å². The van der Waals surface area contributed by atoms with Gasteiger partial charge < -0.3 is 11.1 Å². The topological polar surface area (TPSA) is 115 Å². The lowest BCUT2D eigenvalue weighted by Gasteiger charge is -2.15. The number of sulfonamides is 1. The number of amides is 1. The molecule has 5 N–H and O–H groups in total. The van der Waals surface area contributed by atoms with Crippen LogP contribution in [0.2, 0.25) is 0 Å². The van der Waals surface area contributed by atoms with Crippen LogP contribution in [0.3, 0.4) is 0 Å². The largest absolute Gasteiger partial charge is 0.393 e. The summed E-state index contributed by atoms with van der Waals surface area (Å²) in [6, 6.07) is 9.30. The summed E-state index contributed by atoms with van der Waals surface area (Å²) in [6.45, 7) is -0.0639. The quantitative estimate of drug-likeness (QED) is 0.589. The van der Waals surface area contributed by atoms with E-state index in [9.17, 15) is 13.2 Å². The lowest BCUT2D eigenvalue weighted by molar-refractivity contribution is -0.122. The number of thiocarbonyl (C=S) groups is 1. The van der Waals surface area contributed by atoms with Crippen molar-refractivity contribution in [1.82, 2.24) is 5.32 Å². The van der Waals surface area contributed by atoms with E-state index in [0.717, 1.165) is 5.56 Å². The molecule has 1 aromatic carbocycles. The predicted octanol–water partition coefficient (Wildman–Crippen LogP) is -0.464. The summed E-state index contributed by atoms with van der Waals surface area (Å²) >= 11 is 4.89. The van der Waals surface area contributed by atoms with E-state index >= 15 is 0 Å². The van der Waals surface area contributed by atoms with Gasteiger partial charge in [-0.3, -0.25) is 4.79 Å². The van der Waals surface area contributed by atoms with Crippen molar-refractivity contribution in [2.75, 3.05) is 12.3 Å². The van der Waals surface area contributed by atoms with Gasteiger partial charge in [0.15, 0.2) is 0 Å². The van der Waals surface area contributed by atoms with Gasteiger partial charge in [0.2, 0.25) is 15.9 Å². The van der Waals surface area contributed by atoms with Crippen LogP contribution in [-0.2, 0) is 21.2 Å². The number of nitrogens with two attached hydrogens (primary N) is 2. The molecule has 1 aromatic rings. The zero-order chi connectivity index (χ0) is 15.2. The second-order valence-corrected chi connectivity index (χ2v) is 6.51. The Labute approximate surface area is 123 Å². The summed E-state index contributed by atoms with van der Waals surface area (Å²) in [7, 11) is -3.60. The normalized spacial score (nSPS) is 12.7. The van der Waals surface area contributed by atoms with Gasteiger partial charge in [0.25, 0.3) is 0 Å². The molecule has 1 amide bonds. The average Bonchev–Trinajstić information content (AvgIpc) is 2.35. The molecular formula is C12H17N3O3S2. The first kappa shape index (κ1) is 16.5. The Hall–Kier alpha value is -1.51. The monoisotopic (exact) mass is 315 g/mol. The Balaban J connectivity index is 2.62. The SMILES string of the molecule is NC(=S)C(Cc1ccccc1)C(=O)NCCS(N)(=O)=O. The van der Waals surface area contributed by atoms with Gasteiger partial charge in [-0.15, -0.1) is 0 Å². The molecule has 110 valence electrons. The minimum absolute atomic E-state index is 0.0639. The van der Waals surface area contributed by atoms with Crippen LogP contribution in [0.25, 0.3) is 0 Å². The lowest BCUT2D eigenvalue weighted by atomic mass is 9.98. The van der Waals surface area contributed by atoms with Crippen LogP contribution in [-0.4, -0.2) is 31.6 Å². The highest BCUT2D eigenvalue weighted by Gasteiger charge is 2.21. The highest BCUT2D eigenvalue weighted by atomic mass is 32.2. The number of primary sulfonamides is 1. The number of carbonyl (C=O) groups is 1. The minimum Gasteiger partial charge on any atom is -0.393 e. The third kappa shape index (κ3) is 6.09. The molecule has 1 unspecified atom stereocenters. The van der Waals surface area contributed by atoms with Crippen LogP contribution in [0.5, 0.6) is 0 Å². The molecule has 0 heterocycles. The molecule has 0 bridgehead atoms. The molecule has 0 fully saturated rings. The molecule has 0 aliphatic rings. The summed E-state index contributed by atoms with van der Waals surface area (Å²) < 4.78 is 21.6. The Bertz CT molecular complexity index is 573. The highest BCUT2D eigenvalue weighted by molar-refractivity contribution is 7.89. The maximum Gasteiger partial charge on any atom is 0.230 e. The third-order valence-electron chi connectivity index (χ3n) is 2.63. The van der Waals surface area contributed by atoms with Crippen molar-refractivity contribution in [3.8, 4) is 0 Å². The molecule has 8 heteroatoms. The minimum atomic E-state index is -3.60. The van der Waals surface area contributed by atoms with E-state index < -0.39 is 21.8 Å². The first-order chi connectivity index (χ1) is 9.29. The molecule has 0 saturated heterocycles. The zero-order valence-corrected chi connectivity index (χ0v) is 12.4. The summed E-state index contributed by atoms with van der Waals surface area (Å²) in [6.07, 6.45) is 0.372. The summed E-state index contributed by atoms with van der Waals surface area (Å²) in [5, 5.41) is 7.33. The van der Waals surface area contributed by atoms with Crippen molar-refractivity contribution in [2.24, 2.45) is 16.8 Å². The van der Waals surface area contributed by atoms with Crippen molar-refractivity contribution >= 4 is 33.1 Å². The molecule has 1 rings (SSSR count). The van der Waals surface area contributed by atoms with E-state index in [1.54, 1.807) is 0 Å². The van der Waals surface area contributed by atoms with E-state index in [4.69, 9.17) is 23.1 Å². The molecule has 0 aliphatic carbocycles. The summed E-state index contributed by atoms with van der Waals surface area (Å²) in [5.41, 5.74) is 6.49. The Morgan fingerprint density at radius 1 is 1.30 bits per heavy atom. The van der Waals surface area contributed by atoms with E-state index in [-0.39, 0.29) is 17.3 Å². The van der Waals surface area contributed by atoms with Crippen LogP contribution in [0.1, 0.15) is 5.56 Å². The van der Waals surface area contributed by atoms with Gasteiger partial charge in [-0.05, 0) is 12.0 Å². The molecule has 0 aliphatic heterocycles. The fraction of sp³-hybridized carbons (Fsp3) is 0.333. The molecule has 20 heavy (non-hydrogen) atoms. The van der Waals surface area contributed by atoms with E-state index in [1.807, 2.05) is 30.3 Å². The molecule has 0 saturated carbocycles. The maximum absolute atomic E-state index is 12.0. The van der Waals surface area contributed by atoms with Crippen molar-refractivity contribution in [2.45, 2.75) is 6.42 Å². The second kappa shape index (κ2) is 7.32. The van der Waals surface area contributed by atoms with E-state index in [0.29, 0.717) is 6.42 Å². The smallest absolute Gasteiger partial charge is 0.230 e. The van der Waals surface area contributed by atoms with Crippen LogP contribution < -0.4 is 16.2 Å². The van der Waals surface area contributed by atoms with Crippen LogP contribution in [0.15, 0.2) is 30.3 Å². The van der Waals surface area contributed by atoms with E-state index in [2.05, 4.69) is 5.32 Å². The molecule has 0 spiro atoms. The number of rotatable bonds is 7. The Morgan fingerprint density at radius 2 is 1.90 bits per heavy atom. The third-order valence-corrected chi connectivity index (χ3v) is 3.69. The number of hydrogen-bond donors (Lipinski definition) is 3. The average molecular weight is 315 g/mol. The Morgan fingerprint density at radius 3 is 2.40 bits per heavy atom. The van der Waals surface area contributed by atoms with Crippen LogP contribution in [0.4, 0.5) is 0 Å². The number of nitrogens with one attached hydrogen (secondary N) is 1. The van der Waals surface area contributed by atoms with E-state index in [1.165, 1.54) is 0 Å². The van der Waals surface area contributed by atoms with Gasteiger partial charge in [0.05, 0.1) is 16.7 Å². The summed E-state index contributed by atoms with van der Waals surface area (Å²) in [5.74, 6) is -1.40. The van der Waals surface area contributed by atoms with Crippen molar-refractivity contribution in [1.29, 1.82) is 0 Å². The summed E-state index contributed by atoms with van der Waals surface area (Å²) in [4.78, 5) is 12.0. The van der Waals surface area contributed by atoms with Gasteiger partial charge >= 0.3 is 0 Å². The molecule has 6 nitrogen and oxygen atoms in total. The molecule has 0 aromatic heterocycles. The Kier molecular flexibility index (Phi) is 6.05. The first-order valence-electron chi connectivity index (χ1n) is 5.91. The number of hydrogen-bond acceptors (Lipinski definition) is 4. The van der Waals surface area contributed by atoms with Gasteiger partial charge in [-0.2, -0.15) is 0 Å². The van der Waals surface area contributed by atoms with Crippen LogP contribution >= 0.6 is 12.2 Å².